The number of aliphatic hydroxyl groups excluding tert-OH is 2. The summed E-state index contributed by atoms with van der Waals surface area (Å²) in [5.74, 6) is 0. The molecule has 0 saturated heterocycles. The van der Waals surface area contributed by atoms with Crippen LogP contribution in [0.1, 0.15) is 0 Å². The fourth-order valence-electron chi connectivity index (χ4n) is 0.255. The first kappa shape index (κ1) is 7.84. The maximum Gasteiger partial charge on any atom is 0.139 e. The molecule has 0 bridgehead atoms. The van der Waals surface area contributed by atoms with E-state index in [1.165, 1.54) is 7.11 Å². The lowest BCUT2D eigenvalue weighted by atomic mass is 10.4. The van der Waals surface area contributed by atoms with Gasteiger partial charge in [-0.15, -0.1) is 0 Å². The third-order valence-corrected chi connectivity index (χ3v) is 0.640. The molecule has 4 heteroatoms. The van der Waals surface area contributed by atoms with E-state index in [-0.39, 0.29) is 13.2 Å². The quantitative estimate of drug-likeness (QED) is 0.368. The minimum absolute atomic E-state index is 0.232. The lowest BCUT2D eigenvalue weighted by molar-refractivity contribution is -0.314. The molecule has 0 heterocycles. The molecular weight excluding hydrogens is 112 g/mol. The predicted molar refractivity (Wildman–Crippen MR) is 26.1 cm³/mol. The van der Waals surface area contributed by atoms with Gasteiger partial charge in [0, 0.05) is 0 Å². The number of hydrogen-bond acceptors (Lipinski definition) is 4. The summed E-state index contributed by atoms with van der Waals surface area (Å²) in [6.07, 6.45) is -0.611. The van der Waals surface area contributed by atoms with E-state index in [0.717, 1.165) is 0 Å². The van der Waals surface area contributed by atoms with E-state index in [2.05, 4.69) is 9.78 Å². The molecule has 0 fully saturated rings. The molecule has 0 saturated carbocycles. The summed E-state index contributed by atoms with van der Waals surface area (Å²) in [4.78, 5) is 8.51. The highest BCUT2D eigenvalue weighted by Gasteiger charge is 2.03. The van der Waals surface area contributed by atoms with Crippen LogP contribution in [0.2, 0.25) is 0 Å². The van der Waals surface area contributed by atoms with Gasteiger partial charge in [-0.2, -0.15) is 0 Å². The molecule has 0 rings (SSSR count). The average Bonchev–Trinajstić information content (AvgIpc) is 1.83. The Morgan fingerprint density at radius 1 is 1.38 bits per heavy atom. The number of hydrogen-bond donors (Lipinski definition) is 2. The zero-order chi connectivity index (χ0) is 6.41. The SMILES string of the molecule is COOC(CO)CO. The molecule has 0 aromatic heterocycles. The van der Waals surface area contributed by atoms with E-state index < -0.39 is 6.10 Å². The molecule has 0 unspecified atom stereocenters. The van der Waals surface area contributed by atoms with Crippen molar-refractivity contribution in [1.29, 1.82) is 0 Å². The highest BCUT2D eigenvalue weighted by molar-refractivity contribution is 4.46. The van der Waals surface area contributed by atoms with Crippen molar-refractivity contribution in [3.8, 4) is 0 Å². The fraction of sp³-hybridized carbons (Fsp3) is 1.00. The van der Waals surface area contributed by atoms with Crippen LogP contribution in [0.15, 0.2) is 0 Å². The highest BCUT2D eigenvalue weighted by atomic mass is 17.2. The van der Waals surface area contributed by atoms with Gasteiger partial charge in [-0.3, -0.25) is 0 Å². The summed E-state index contributed by atoms with van der Waals surface area (Å²) >= 11 is 0. The van der Waals surface area contributed by atoms with Gasteiger partial charge in [-0.1, -0.05) is 0 Å². The van der Waals surface area contributed by atoms with Gasteiger partial charge in [0.2, 0.25) is 0 Å². The maximum absolute atomic E-state index is 8.29. The van der Waals surface area contributed by atoms with E-state index in [0.29, 0.717) is 0 Å². The lowest BCUT2D eigenvalue weighted by Crippen LogP contribution is -2.21. The second-order valence-electron chi connectivity index (χ2n) is 1.25. The van der Waals surface area contributed by atoms with Crippen molar-refractivity contribution in [2.75, 3.05) is 20.3 Å². The summed E-state index contributed by atoms with van der Waals surface area (Å²) in [6, 6.07) is 0. The monoisotopic (exact) mass is 122 g/mol. The van der Waals surface area contributed by atoms with Crippen molar-refractivity contribution in [3.05, 3.63) is 0 Å². The molecule has 0 amide bonds. The van der Waals surface area contributed by atoms with Gasteiger partial charge < -0.3 is 10.2 Å². The Balaban J connectivity index is 3.07. The Labute approximate surface area is 47.6 Å². The summed E-state index contributed by atoms with van der Waals surface area (Å²) in [7, 11) is 1.32. The highest BCUT2D eigenvalue weighted by Crippen LogP contribution is 1.86. The minimum atomic E-state index is -0.611. The Kier molecular flexibility index (Phi) is 4.89. The first-order valence-electron chi connectivity index (χ1n) is 2.26. The first-order valence-corrected chi connectivity index (χ1v) is 2.26. The van der Waals surface area contributed by atoms with Crippen LogP contribution in [0.3, 0.4) is 0 Å². The molecule has 0 radical (unpaired) electrons. The Morgan fingerprint density at radius 2 is 1.88 bits per heavy atom. The Hall–Kier alpha value is -0.160. The smallest absolute Gasteiger partial charge is 0.139 e. The van der Waals surface area contributed by atoms with Crippen LogP contribution in [-0.2, 0) is 9.78 Å². The van der Waals surface area contributed by atoms with E-state index in [1.54, 1.807) is 0 Å². The molecule has 0 aliphatic heterocycles. The molecule has 4 nitrogen and oxygen atoms in total. The first-order chi connectivity index (χ1) is 3.85. The number of rotatable bonds is 4. The molecule has 0 aromatic carbocycles. The van der Waals surface area contributed by atoms with E-state index in [1.807, 2.05) is 0 Å². The van der Waals surface area contributed by atoms with Gasteiger partial charge in [-0.25, -0.2) is 9.78 Å². The lowest BCUT2D eigenvalue weighted by Gasteiger charge is -2.06. The van der Waals surface area contributed by atoms with E-state index in [9.17, 15) is 0 Å². The van der Waals surface area contributed by atoms with Crippen LogP contribution < -0.4 is 0 Å². The normalized spacial score (nSPS) is 10.5. The second-order valence-corrected chi connectivity index (χ2v) is 1.25. The zero-order valence-electron chi connectivity index (χ0n) is 4.70. The second kappa shape index (κ2) is 4.99. The van der Waals surface area contributed by atoms with Gasteiger partial charge in [0.15, 0.2) is 0 Å². The van der Waals surface area contributed by atoms with Crippen molar-refractivity contribution < 1.29 is 20.0 Å². The van der Waals surface area contributed by atoms with Crippen molar-refractivity contribution in [2.45, 2.75) is 6.10 Å². The molecule has 2 N–H and O–H groups in total. The van der Waals surface area contributed by atoms with Gasteiger partial charge in [0.1, 0.15) is 6.10 Å². The molecule has 50 valence electrons. The largest absolute Gasteiger partial charge is 0.393 e. The number of aliphatic hydroxyl groups is 2. The van der Waals surface area contributed by atoms with Crippen LogP contribution in [0, 0.1) is 0 Å². The molecule has 8 heavy (non-hydrogen) atoms. The van der Waals surface area contributed by atoms with Crippen LogP contribution >= 0.6 is 0 Å². The van der Waals surface area contributed by atoms with E-state index in [4.69, 9.17) is 10.2 Å². The van der Waals surface area contributed by atoms with Gasteiger partial charge >= 0.3 is 0 Å². The average molecular weight is 122 g/mol. The van der Waals surface area contributed by atoms with Gasteiger partial charge in [-0.05, 0) is 0 Å². The van der Waals surface area contributed by atoms with E-state index >= 15 is 0 Å². The third kappa shape index (κ3) is 2.92. The molecular formula is C4H10O4. The Bertz CT molecular complexity index is 43.3. The molecule has 0 aliphatic rings. The summed E-state index contributed by atoms with van der Waals surface area (Å²) in [5.41, 5.74) is 0. The van der Waals surface area contributed by atoms with Crippen molar-refractivity contribution in [1.82, 2.24) is 0 Å². The third-order valence-electron chi connectivity index (χ3n) is 0.640. The fourth-order valence-corrected chi connectivity index (χ4v) is 0.255. The topological polar surface area (TPSA) is 58.9 Å². The standard InChI is InChI=1S/C4H10O4/c1-7-8-4(2-5)3-6/h4-6H,2-3H2,1H3. The van der Waals surface area contributed by atoms with Gasteiger partial charge in [0.25, 0.3) is 0 Å². The molecule has 0 aliphatic carbocycles. The molecule has 0 spiro atoms. The van der Waals surface area contributed by atoms with Crippen molar-refractivity contribution in [3.63, 3.8) is 0 Å². The Morgan fingerprint density at radius 3 is 2.00 bits per heavy atom. The minimum Gasteiger partial charge on any atom is -0.393 e. The van der Waals surface area contributed by atoms with Crippen LogP contribution in [0.4, 0.5) is 0 Å². The van der Waals surface area contributed by atoms with Gasteiger partial charge in [0.05, 0.1) is 20.3 Å². The summed E-state index contributed by atoms with van der Waals surface area (Å²) < 4.78 is 0. The predicted octanol–water partition coefficient (Wildman–Crippen LogP) is -1.08. The van der Waals surface area contributed by atoms with Crippen molar-refractivity contribution >= 4 is 0 Å². The maximum atomic E-state index is 8.29. The molecule has 0 aromatic rings. The summed E-state index contributed by atoms with van der Waals surface area (Å²) in [6.45, 7) is -0.464. The van der Waals surface area contributed by atoms with Crippen LogP contribution in [0.25, 0.3) is 0 Å². The van der Waals surface area contributed by atoms with Crippen LogP contribution in [0.5, 0.6) is 0 Å². The zero-order valence-corrected chi connectivity index (χ0v) is 4.70. The van der Waals surface area contributed by atoms with Crippen LogP contribution in [-0.4, -0.2) is 36.6 Å². The molecule has 0 atom stereocenters. The summed E-state index contributed by atoms with van der Waals surface area (Å²) in [5, 5.41) is 16.6. The van der Waals surface area contributed by atoms with Crippen molar-refractivity contribution in [2.24, 2.45) is 0 Å².